The van der Waals surface area contributed by atoms with E-state index in [2.05, 4.69) is 47.0 Å². The molecule has 1 aliphatic rings. The van der Waals surface area contributed by atoms with E-state index in [1.807, 2.05) is 30.3 Å². The van der Waals surface area contributed by atoms with Crippen molar-refractivity contribution in [3.63, 3.8) is 0 Å². The Balaban J connectivity index is 1.84. The van der Waals surface area contributed by atoms with Crippen LogP contribution in [0.25, 0.3) is 33.3 Å². The van der Waals surface area contributed by atoms with Crippen LogP contribution >= 0.6 is 0 Å². The van der Waals surface area contributed by atoms with Crippen LogP contribution in [0.4, 0.5) is 0 Å². The lowest BCUT2D eigenvalue weighted by molar-refractivity contribution is -0.137. The Kier molecular flexibility index (Phi) is 4.99. The number of nitrogens with zero attached hydrogens (tertiary/aromatic N) is 1. The average molecular weight is 412 g/mol. The highest BCUT2D eigenvalue weighted by Gasteiger charge is 2.26. The van der Waals surface area contributed by atoms with Gasteiger partial charge in [-0.05, 0) is 59.7 Å². The topological polar surface area (TPSA) is 51.5 Å². The number of aliphatic carboxylic acids is 1. The summed E-state index contributed by atoms with van der Waals surface area (Å²) >= 11 is 0. The third kappa shape index (κ3) is 3.70. The summed E-state index contributed by atoms with van der Waals surface area (Å²) < 4.78 is 7.68. The Morgan fingerprint density at radius 3 is 2.48 bits per heavy atom. The molecule has 5 rings (SSSR count). The fraction of sp³-hybridized carbons (Fsp3) is 0.222. The fourth-order valence-electron chi connectivity index (χ4n) is 4.45. The van der Waals surface area contributed by atoms with Crippen molar-refractivity contribution in [2.75, 3.05) is 7.11 Å². The van der Waals surface area contributed by atoms with Crippen molar-refractivity contribution in [2.45, 2.75) is 31.7 Å². The van der Waals surface area contributed by atoms with Crippen LogP contribution < -0.4 is 4.74 Å². The lowest BCUT2D eigenvalue weighted by Crippen LogP contribution is -2.06. The second-order valence-corrected chi connectivity index (χ2v) is 8.17. The van der Waals surface area contributed by atoms with Gasteiger partial charge in [-0.15, -0.1) is 0 Å². The molecule has 1 aliphatic carbocycles. The quantitative estimate of drug-likeness (QED) is 0.386. The minimum atomic E-state index is -0.793. The van der Waals surface area contributed by atoms with Crippen molar-refractivity contribution in [3.8, 4) is 28.1 Å². The maximum absolute atomic E-state index is 11.4. The molecule has 0 unspecified atom stereocenters. The molecule has 0 radical (unpaired) electrons. The van der Waals surface area contributed by atoms with Gasteiger partial charge >= 0.3 is 5.97 Å². The maximum Gasteiger partial charge on any atom is 0.305 e. The summed E-state index contributed by atoms with van der Waals surface area (Å²) in [4.78, 5) is 11.4. The predicted octanol–water partition coefficient (Wildman–Crippen LogP) is 6.34. The molecule has 0 amide bonds. The first-order valence-corrected chi connectivity index (χ1v) is 10.7. The molecule has 31 heavy (non-hydrogen) atoms. The van der Waals surface area contributed by atoms with Gasteiger partial charge in [0.15, 0.2) is 0 Å². The third-order valence-corrected chi connectivity index (χ3v) is 6.09. The monoisotopic (exact) mass is 411 g/mol. The molecule has 3 aromatic carbocycles. The molecule has 1 heterocycles. The lowest BCUT2D eigenvalue weighted by Gasteiger charge is -2.13. The van der Waals surface area contributed by atoms with E-state index < -0.39 is 5.97 Å². The number of aryl methyl sites for hydroxylation is 1. The van der Waals surface area contributed by atoms with Crippen LogP contribution in [-0.4, -0.2) is 22.8 Å². The minimum Gasteiger partial charge on any atom is -0.497 e. The molecule has 1 fully saturated rings. The van der Waals surface area contributed by atoms with Crippen LogP contribution in [0.2, 0.25) is 0 Å². The number of carboxylic acid groups (broad SMARTS) is 1. The Bertz CT molecular complexity index is 1250. The highest BCUT2D eigenvalue weighted by atomic mass is 16.5. The van der Waals surface area contributed by atoms with Crippen LogP contribution in [0, 0.1) is 0 Å². The summed E-state index contributed by atoms with van der Waals surface area (Å²) in [6.07, 6.45) is 2.56. The molecule has 0 bridgehead atoms. The number of carbonyl (C=O) groups is 1. The number of fused-ring (bicyclic) bond motifs is 1. The van der Waals surface area contributed by atoms with Gasteiger partial charge in [0.25, 0.3) is 0 Å². The van der Waals surface area contributed by atoms with Crippen LogP contribution in [0.3, 0.4) is 0 Å². The van der Waals surface area contributed by atoms with Crippen molar-refractivity contribution in [1.29, 1.82) is 0 Å². The lowest BCUT2D eigenvalue weighted by atomic mass is 9.96. The van der Waals surface area contributed by atoms with Gasteiger partial charge in [-0.25, -0.2) is 0 Å². The van der Waals surface area contributed by atoms with E-state index in [0.717, 1.165) is 33.7 Å². The fourth-order valence-corrected chi connectivity index (χ4v) is 4.45. The highest BCUT2D eigenvalue weighted by molar-refractivity contribution is 6.05. The first-order chi connectivity index (χ1) is 15.2. The van der Waals surface area contributed by atoms with Gasteiger partial charge in [-0.3, -0.25) is 4.79 Å². The van der Waals surface area contributed by atoms with E-state index in [1.54, 1.807) is 7.11 Å². The number of rotatable bonds is 7. The first-order valence-electron chi connectivity index (χ1n) is 10.7. The third-order valence-electron chi connectivity index (χ3n) is 6.09. The second kappa shape index (κ2) is 7.95. The Hall–Kier alpha value is -3.53. The molecule has 4 heteroatoms. The SMILES string of the molecule is COc1cccc(-c2c(-c3ccccc3)n(CCC(=O)O)c3ccc(C4CC4)cc23)c1. The largest absolute Gasteiger partial charge is 0.497 e. The number of hydrogen-bond donors (Lipinski definition) is 1. The predicted molar refractivity (Wildman–Crippen MR) is 124 cm³/mol. The average Bonchev–Trinajstić information content (AvgIpc) is 3.60. The van der Waals surface area contributed by atoms with Crippen molar-refractivity contribution >= 4 is 16.9 Å². The molecule has 0 saturated heterocycles. The number of aromatic nitrogens is 1. The van der Waals surface area contributed by atoms with Gasteiger partial charge in [-0.2, -0.15) is 0 Å². The second-order valence-electron chi connectivity index (χ2n) is 8.17. The molecular weight excluding hydrogens is 386 g/mol. The molecule has 1 N–H and O–H groups in total. The van der Waals surface area contributed by atoms with E-state index in [1.165, 1.54) is 23.8 Å². The van der Waals surface area contributed by atoms with Gasteiger partial charge in [0.2, 0.25) is 0 Å². The Labute approximate surface area is 181 Å². The van der Waals surface area contributed by atoms with Gasteiger partial charge in [0.05, 0.1) is 19.2 Å². The van der Waals surface area contributed by atoms with Crippen LogP contribution in [0.5, 0.6) is 5.75 Å². The van der Waals surface area contributed by atoms with Crippen molar-refractivity contribution in [1.82, 2.24) is 4.57 Å². The van der Waals surface area contributed by atoms with Crippen molar-refractivity contribution < 1.29 is 14.6 Å². The van der Waals surface area contributed by atoms with Crippen LogP contribution in [-0.2, 0) is 11.3 Å². The summed E-state index contributed by atoms with van der Waals surface area (Å²) in [7, 11) is 1.68. The van der Waals surface area contributed by atoms with Gasteiger partial charge < -0.3 is 14.4 Å². The van der Waals surface area contributed by atoms with Gasteiger partial charge in [0, 0.05) is 23.0 Å². The summed E-state index contributed by atoms with van der Waals surface area (Å²) in [6, 6.07) is 25.1. The molecule has 4 aromatic rings. The van der Waals surface area contributed by atoms with E-state index in [0.29, 0.717) is 12.5 Å². The van der Waals surface area contributed by atoms with Crippen molar-refractivity contribution in [3.05, 3.63) is 78.4 Å². The van der Waals surface area contributed by atoms with E-state index in [9.17, 15) is 9.90 Å². The highest BCUT2D eigenvalue weighted by Crippen LogP contribution is 2.46. The normalized spacial score (nSPS) is 13.5. The minimum absolute atomic E-state index is 0.0749. The Morgan fingerprint density at radius 2 is 1.77 bits per heavy atom. The number of ether oxygens (including phenoxy) is 1. The summed E-state index contributed by atoms with van der Waals surface area (Å²) in [5.74, 6) is 0.657. The summed E-state index contributed by atoms with van der Waals surface area (Å²) in [5, 5.41) is 10.6. The standard InChI is InChI=1S/C27H25NO3/c1-31-22-9-5-8-21(16-22)26-23-17-20(18-10-11-18)12-13-24(23)28(15-14-25(29)30)27(26)19-6-3-2-4-7-19/h2-9,12-13,16-18H,10-11,14-15H2,1H3,(H,29,30). The zero-order chi connectivity index (χ0) is 21.4. The van der Waals surface area contributed by atoms with Crippen LogP contribution in [0.15, 0.2) is 72.8 Å². The van der Waals surface area contributed by atoms with E-state index in [4.69, 9.17) is 4.74 Å². The molecule has 0 spiro atoms. The molecule has 0 atom stereocenters. The molecule has 1 saturated carbocycles. The van der Waals surface area contributed by atoms with Gasteiger partial charge in [-0.1, -0.05) is 48.5 Å². The van der Waals surface area contributed by atoms with E-state index >= 15 is 0 Å². The number of benzene rings is 3. The first kappa shape index (κ1) is 19.4. The zero-order valence-corrected chi connectivity index (χ0v) is 17.5. The zero-order valence-electron chi connectivity index (χ0n) is 17.5. The maximum atomic E-state index is 11.4. The molecular formula is C27H25NO3. The Morgan fingerprint density at radius 1 is 1.00 bits per heavy atom. The summed E-state index contributed by atoms with van der Waals surface area (Å²) in [5.41, 5.74) is 6.78. The number of carboxylic acids is 1. The van der Waals surface area contributed by atoms with Crippen molar-refractivity contribution in [2.24, 2.45) is 0 Å². The molecule has 1 aromatic heterocycles. The summed E-state index contributed by atoms with van der Waals surface area (Å²) in [6.45, 7) is 0.419. The van der Waals surface area contributed by atoms with Crippen LogP contribution in [0.1, 0.15) is 30.7 Å². The smallest absolute Gasteiger partial charge is 0.305 e. The number of methoxy groups -OCH3 is 1. The molecule has 0 aliphatic heterocycles. The molecule has 156 valence electrons. The number of hydrogen-bond acceptors (Lipinski definition) is 2. The molecule has 4 nitrogen and oxygen atoms in total. The van der Waals surface area contributed by atoms with Gasteiger partial charge in [0.1, 0.15) is 5.75 Å². The van der Waals surface area contributed by atoms with E-state index in [-0.39, 0.29) is 6.42 Å².